The molecule has 0 amide bonds. The molecule has 0 radical (unpaired) electrons. The number of rotatable bonds is 3. The van der Waals surface area contributed by atoms with Gasteiger partial charge in [0.1, 0.15) is 0 Å². The van der Waals surface area contributed by atoms with E-state index >= 15 is 0 Å². The van der Waals surface area contributed by atoms with E-state index in [4.69, 9.17) is 5.73 Å². The van der Waals surface area contributed by atoms with Gasteiger partial charge in [-0.3, -0.25) is 5.10 Å². The van der Waals surface area contributed by atoms with E-state index in [2.05, 4.69) is 27.0 Å². The molecule has 0 aliphatic carbocycles. The van der Waals surface area contributed by atoms with Crippen LogP contribution in [0.5, 0.6) is 0 Å². The molecule has 3 rings (SSSR count). The molecule has 1 aromatic carbocycles. The first-order chi connectivity index (χ1) is 9.70. The zero-order chi connectivity index (χ0) is 14.0. The molecular weight excluding hydrogens is 250 g/mol. The molecule has 3 N–H and O–H groups in total. The standard InChI is InChI=1S/C15H21N5/c1-15(10-16)8-5-9-20(11-15)14-17-13(18-19-14)12-6-3-2-4-7-12/h2-4,6-7H,5,8-11,16H2,1H3,(H,17,18,19). The summed E-state index contributed by atoms with van der Waals surface area (Å²) in [6, 6.07) is 10.1. The van der Waals surface area contributed by atoms with Gasteiger partial charge in [0.2, 0.25) is 5.95 Å². The molecule has 1 aromatic heterocycles. The average Bonchev–Trinajstić information content (AvgIpc) is 2.98. The van der Waals surface area contributed by atoms with Gasteiger partial charge in [-0.1, -0.05) is 37.3 Å². The highest BCUT2D eigenvalue weighted by atomic mass is 15.4. The summed E-state index contributed by atoms with van der Waals surface area (Å²) in [6.45, 7) is 4.88. The zero-order valence-corrected chi connectivity index (χ0v) is 11.8. The van der Waals surface area contributed by atoms with Crippen LogP contribution in [0.4, 0.5) is 5.95 Å². The summed E-state index contributed by atoms with van der Waals surface area (Å²) in [5, 5.41) is 7.40. The summed E-state index contributed by atoms with van der Waals surface area (Å²) in [4.78, 5) is 6.86. The average molecular weight is 271 g/mol. The molecule has 0 spiro atoms. The van der Waals surface area contributed by atoms with Crippen molar-refractivity contribution < 1.29 is 0 Å². The Morgan fingerprint density at radius 3 is 2.90 bits per heavy atom. The first kappa shape index (κ1) is 13.1. The lowest BCUT2D eigenvalue weighted by atomic mass is 9.82. The van der Waals surface area contributed by atoms with E-state index in [9.17, 15) is 0 Å². The molecule has 0 saturated carbocycles. The van der Waals surface area contributed by atoms with Crippen molar-refractivity contribution >= 4 is 5.95 Å². The zero-order valence-electron chi connectivity index (χ0n) is 11.8. The third-order valence-corrected chi connectivity index (χ3v) is 4.08. The molecule has 106 valence electrons. The van der Waals surface area contributed by atoms with Crippen molar-refractivity contribution in [2.24, 2.45) is 11.1 Å². The third kappa shape index (κ3) is 2.54. The van der Waals surface area contributed by atoms with Gasteiger partial charge in [0, 0.05) is 18.7 Å². The largest absolute Gasteiger partial charge is 0.339 e. The van der Waals surface area contributed by atoms with Crippen molar-refractivity contribution in [3.63, 3.8) is 0 Å². The Kier molecular flexibility index (Phi) is 3.44. The number of hydrogen-bond donors (Lipinski definition) is 2. The number of nitrogens with zero attached hydrogens (tertiary/aromatic N) is 3. The predicted molar refractivity (Wildman–Crippen MR) is 80.4 cm³/mol. The summed E-state index contributed by atoms with van der Waals surface area (Å²) >= 11 is 0. The van der Waals surface area contributed by atoms with Crippen LogP contribution in [0.2, 0.25) is 0 Å². The van der Waals surface area contributed by atoms with Crippen molar-refractivity contribution in [3.05, 3.63) is 30.3 Å². The Balaban J connectivity index is 1.80. The SMILES string of the molecule is CC1(CN)CCCN(c2n[nH]c(-c3ccccc3)n2)C1. The maximum atomic E-state index is 5.90. The second kappa shape index (κ2) is 5.25. The quantitative estimate of drug-likeness (QED) is 0.896. The Labute approximate surface area is 119 Å². The topological polar surface area (TPSA) is 70.8 Å². The van der Waals surface area contributed by atoms with Crippen LogP contribution in [-0.2, 0) is 0 Å². The number of nitrogens with one attached hydrogen (secondary N) is 1. The van der Waals surface area contributed by atoms with Crippen LogP contribution in [0.15, 0.2) is 30.3 Å². The first-order valence-electron chi connectivity index (χ1n) is 7.13. The minimum absolute atomic E-state index is 0.172. The fraction of sp³-hybridized carbons (Fsp3) is 0.467. The van der Waals surface area contributed by atoms with Gasteiger partial charge in [0.15, 0.2) is 5.82 Å². The Bertz CT molecular complexity index is 565. The molecule has 2 heterocycles. The molecule has 5 nitrogen and oxygen atoms in total. The number of H-pyrrole nitrogens is 1. The summed E-state index contributed by atoms with van der Waals surface area (Å²) in [7, 11) is 0. The number of aromatic nitrogens is 3. The minimum atomic E-state index is 0.172. The van der Waals surface area contributed by atoms with Gasteiger partial charge in [-0.25, -0.2) is 0 Å². The van der Waals surface area contributed by atoms with Crippen molar-refractivity contribution in [3.8, 4) is 11.4 Å². The predicted octanol–water partition coefficient (Wildman–Crippen LogP) is 2.04. The highest BCUT2D eigenvalue weighted by molar-refractivity contribution is 5.56. The number of nitrogens with two attached hydrogens (primary N) is 1. The van der Waals surface area contributed by atoms with Crippen molar-refractivity contribution in [2.75, 3.05) is 24.5 Å². The van der Waals surface area contributed by atoms with Crippen LogP contribution in [0.25, 0.3) is 11.4 Å². The van der Waals surface area contributed by atoms with E-state index in [0.717, 1.165) is 36.8 Å². The molecule has 1 saturated heterocycles. The Morgan fingerprint density at radius 2 is 2.15 bits per heavy atom. The van der Waals surface area contributed by atoms with Gasteiger partial charge >= 0.3 is 0 Å². The van der Waals surface area contributed by atoms with Gasteiger partial charge in [0.25, 0.3) is 0 Å². The number of piperidine rings is 1. The molecule has 20 heavy (non-hydrogen) atoms. The summed E-state index contributed by atoms with van der Waals surface area (Å²) in [5.41, 5.74) is 7.13. The van der Waals surface area contributed by atoms with Gasteiger partial charge < -0.3 is 10.6 Å². The van der Waals surface area contributed by atoms with Crippen LogP contribution in [0.3, 0.4) is 0 Å². The normalized spacial score (nSPS) is 23.0. The van der Waals surface area contributed by atoms with Crippen LogP contribution in [-0.4, -0.2) is 34.8 Å². The monoisotopic (exact) mass is 271 g/mol. The van der Waals surface area contributed by atoms with Crippen LogP contribution in [0.1, 0.15) is 19.8 Å². The summed E-state index contributed by atoms with van der Waals surface area (Å²) in [5.74, 6) is 1.60. The van der Waals surface area contributed by atoms with Crippen molar-refractivity contribution in [1.29, 1.82) is 0 Å². The van der Waals surface area contributed by atoms with Gasteiger partial charge in [-0.15, -0.1) is 5.10 Å². The smallest absolute Gasteiger partial charge is 0.245 e. The maximum absolute atomic E-state index is 5.90. The van der Waals surface area contributed by atoms with E-state index in [0.29, 0.717) is 6.54 Å². The first-order valence-corrected chi connectivity index (χ1v) is 7.13. The number of hydrogen-bond acceptors (Lipinski definition) is 4. The highest BCUT2D eigenvalue weighted by Gasteiger charge is 2.31. The molecule has 1 aliphatic heterocycles. The van der Waals surface area contributed by atoms with Gasteiger partial charge in [-0.05, 0) is 24.8 Å². The lowest BCUT2D eigenvalue weighted by molar-refractivity contribution is 0.270. The fourth-order valence-corrected chi connectivity index (χ4v) is 2.77. The molecule has 2 aromatic rings. The molecular formula is C15H21N5. The van der Waals surface area contributed by atoms with Crippen LogP contribution >= 0.6 is 0 Å². The van der Waals surface area contributed by atoms with Crippen molar-refractivity contribution in [2.45, 2.75) is 19.8 Å². The van der Waals surface area contributed by atoms with Crippen LogP contribution in [0, 0.1) is 5.41 Å². The van der Waals surface area contributed by atoms with E-state index in [1.54, 1.807) is 0 Å². The van der Waals surface area contributed by atoms with Crippen LogP contribution < -0.4 is 10.6 Å². The van der Waals surface area contributed by atoms with E-state index in [1.807, 2.05) is 30.3 Å². The molecule has 1 aliphatic rings. The number of benzene rings is 1. The van der Waals surface area contributed by atoms with Gasteiger partial charge in [0.05, 0.1) is 0 Å². The lowest BCUT2D eigenvalue weighted by Gasteiger charge is -2.39. The number of aromatic amines is 1. The van der Waals surface area contributed by atoms with E-state index in [-0.39, 0.29) is 5.41 Å². The van der Waals surface area contributed by atoms with E-state index in [1.165, 1.54) is 6.42 Å². The molecule has 1 fully saturated rings. The Morgan fingerprint density at radius 1 is 1.35 bits per heavy atom. The second-order valence-corrected chi connectivity index (χ2v) is 5.89. The summed E-state index contributed by atoms with van der Waals surface area (Å²) < 4.78 is 0. The maximum Gasteiger partial charge on any atom is 0.245 e. The molecule has 0 bridgehead atoms. The molecule has 1 atom stereocenters. The highest BCUT2D eigenvalue weighted by Crippen LogP contribution is 2.30. The summed E-state index contributed by atoms with van der Waals surface area (Å²) in [6.07, 6.45) is 2.32. The Hall–Kier alpha value is -1.88. The molecule has 1 unspecified atom stereocenters. The minimum Gasteiger partial charge on any atom is -0.339 e. The second-order valence-electron chi connectivity index (χ2n) is 5.89. The van der Waals surface area contributed by atoms with Gasteiger partial charge in [-0.2, -0.15) is 4.98 Å². The third-order valence-electron chi connectivity index (χ3n) is 4.08. The fourth-order valence-electron chi connectivity index (χ4n) is 2.77. The van der Waals surface area contributed by atoms with Crippen molar-refractivity contribution in [1.82, 2.24) is 15.2 Å². The lowest BCUT2D eigenvalue weighted by Crippen LogP contribution is -2.46. The molecule has 5 heteroatoms. The van der Waals surface area contributed by atoms with E-state index < -0.39 is 0 Å². The number of anilines is 1.